The Morgan fingerprint density at radius 2 is 1.43 bits per heavy atom. The monoisotopic (exact) mass is 692 g/mol. The summed E-state index contributed by atoms with van der Waals surface area (Å²) in [5.41, 5.74) is 5.53. The van der Waals surface area contributed by atoms with E-state index >= 15 is 0 Å². The van der Waals surface area contributed by atoms with Crippen LogP contribution in [-0.2, 0) is 21.4 Å². The maximum atomic E-state index is 13.5. The highest BCUT2D eigenvalue weighted by Gasteiger charge is 2.28. The van der Waals surface area contributed by atoms with Gasteiger partial charge in [0.25, 0.3) is 12.4 Å². The van der Waals surface area contributed by atoms with Gasteiger partial charge in [0.2, 0.25) is 5.91 Å². The summed E-state index contributed by atoms with van der Waals surface area (Å²) >= 11 is 0. The van der Waals surface area contributed by atoms with Crippen molar-refractivity contribution >= 4 is 18.3 Å². The van der Waals surface area contributed by atoms with Gasteiger partial charge in [0, 0.05) is 48.6 Å². The Balaban J connectivity index is 0.00000188. The number of aromatic nitrogens is 2. The zero-order valence-electron chi connectivity index (χ0n) is 30.4. The molecule has 1 atom stereocenters. The number of rotatable bonds is 14. The van der Waals surface area contributed by atoms with Crippen LogP contribution in [0.25, 0.3) is 22.5 Å². The van der Waals surface area contributed by atoms with Crippen LogP contribution >= 0.6 is 0 Å². The third kappa shape index (κ3) is 11.8. The lowest BCUT2D eigenvalue weighted by molar-refractivity contribution is -0.132. The third-order valence-corrected chi connectivity index (χ3v) is 9.04. The van der Waals surface area contributed by atoms with Gasteiger partial charge in [-0.1, -0.05) is 102 Å². The normalized spacial score (nSPS) is 13.1. The molecule has 5 rings (SSSR count). The number of hydrogen-bond acceptors (Lipinski definition) is 6. The predicted octanol–water partition coefficient (Wildman–Crippen LogP) is 8.12. The molecule has 4 aromatic rings. The Bertz CT molecular complexity index is 1660. The highest BCUT2D eigenvalue weighted by molar-refractivity contribution is 5.97. The minimum absolute atomic E-state index is 0.00276. The number of hydrogen-bond donors (Lipinski definition) is 2. The van der Waals surface area contributed by atoms with E-state index in [1.165, 1.54) is 25.7 Å². The van der Waals surface area contributed by atoms with Gasteiger partial charge in [-0.15, -0.1) is 0 Å². The van der Waals surface area contributed by atoms with Crippen LogP contribution in [0.3, 0.4) is 0 Å². The van der Waals surface area contributed by atoms with E-state index in [4.69, 9.17) is 14.6 Å². The van der Waals surface area contributed by atoms with Crippen LogP contribution in [0.5, 0.6) is 5.75 Å². The molecule has 1 aromatic heterocycles. The first-order valence-corrected chi connectivity index (χ1v) is 18.1. The summed E-state index contributed by atoms with van der Waals surface area (Å²) < 4.78 is 5.91. The largest absolute Gasteiger partial charge is 0.494 e. The van der Waals surface area contributed by atoms with Crippen molar-refractivity contribution in [3.63, 3.8) is 0 Å². The maximum absolute atomic E-state index is 13.5. The zero-order valence-corrected chi connectivity index (χ0v) is 30.4. The van der Waals surface area contributed by atoms with E-state index in [-0.39, 0.29) is 23.7 Å². The van der Waals surface area contributed by atoms with E-state index in [2.05, 4.69) is 43.0 Å². The lowest BCUT2D eigenvalue weighted by Crippen LogP contribution is -2.49. The quantitative estimate of drug-likeness (QED) is 0.101. The second-order valence-corrected chi connectivity index (χ2v) is 14.0. The molecule has 0 radical (unpaired) electrons. The molecule has 9 nitrogen and oxygen atoms in total. The Kier molecular flexibility index (Phi) is 14.7. The number of likely N-dealkylation sites (tertiary alicyclic amines) is 1. The first kappa shape index (κ1) is 38.7. The first-order valence-electron chi connectivity index (χ1n) is 18.1. The van der Waals surface area contributed by atoms with Crippen molar-refractivity contribution in [2.24, 2.45) is 0 Å². The standard InChI is InChI=1S/C41H50N4O3.CH2O2/c1-5-6-7-8-11-26-48-36-22-18-31(19-23-36)34-28-42-38(43-29-34)32-14-12-30(13-15-32)27-37(40(47)45-24-9-10-25-45)44-39(46)33-16-20-35(21-17-33)41(2,3)4;2-1-3/h12-23,28-29,37H,5-11,24-27H2,1-4H3,(H,44,46);1H,(H,2,3). The van der Waals surface area contributed by atoms with E-state index in [0.29, 0.717) is 17.8 Å². The summed E-state index contributed by atoms with van der Waals surface area (Å²) in [6, 6.07) is 23.0. The molecule has 0 aliphatic carbocycles. The smallest absolute Gasteiger partial charge is 0.290 e. The summed E-state index contributed by atoms with van der Waals surface area (Å²) in [6.07, 6.45) is 12.2. The van der Waals surface area contributed by atoms with Gasteiger partial charge in [0.15, 0.2) is 5.82 Å². The van der Waals surface area contributed by atoms with Crippen LogP contribution in [0.15, 0.2) is 85.2 Å². The van der Waals surface area contributed by atoms with E-state index < -0.39 is 6.04 Å². The molecule has 3 aromatic carbocycles. The van der Waals surface area contributed by atoms with E-state index in [1.807, 2.05) is 90.1 Å². The van der Waals surface area contributed by atoms with Crippen molar-refractivity contribution in [1.29, 1.82) is 0 Å². The molecule has 270 valence electrons. The second-order valence-electron chi connectivity index (χ2n) is 14.0. The van der Waals surface area contributed by atoms with Gasteiger partial charge in [-0.05, 0) is 65.6 Å². The van der Waals surface area contributed by atoms with Gasteiger partial charge >= 0.3 is 0 Å². The van der Waals surface area contributed by atoms with Crippen molar-refractivity contribution in [2.75, 3.05) is 19.7 Å². The molecule has 1 aliphatic heterocycles. The molecule has 2 N–H and O–H groups in total. The minimum atomic E-state index is -0.651. The minimum Gasteiger partial charge on any atom is -0.494 e. The second kappa shape index (κ2) is 19.4. The van der Waals surface area contributed by atoms with Gasteiger partial charge in [0.05, 0.1) is 6.61 Å². The molecule has 0 bridgehead atoms. The number of nitrogens with one attached hydrogen (secondary N) is 1. The SMILES string of the molecule is CCCCCCCOc1ccc(-c2cnc(-c3ccc(CC(NC(=O)c4ccc(C(C)(C)C)cc4)C(=O)N4CCCC4)cc3)nc2)cc1.O=CO. The lowest BCUT2D eigenvalue weighted by atomic mass is 9.86. The molecule has 1 aliphatic rings. The molecular weight excluding hydrogens is 640 g/mol. The van der Waals surface area contributed by atoms with Crippen molar-refractivity contribution in [1.82, 2.24) is 20.2 Å². The molecule has 1 fully saturated rings. The van der Waals surface area contributed by atoms with Crippen LogP contribution in [-0.4, -0.2) is 64.0 Å². The van der Waals surface area contributed by atoms with Crippen LogP contribution in [0.2, 0.25) is 0 Å². The molecule has 2 heterocycles. The average Bonchev–Trinajstić information content (AvgIpc) is 3.69. The van der Waals surface area contributed by atoms with Crippen LogP contribution in [0.1, 0.15) is 94.1 Å². The Hall–Kier alpha value is -5.05. The molecule has 2 amide bonds. The number of carboxylic acid groups (broad SMARTS) is 1. The summed E-state index contributed by atoms with van der Waals surface area (Å²) in [6.45, 7) is 10.6. The van der Waals surface area contributed by atoms with Crippen molar-refractivity contribution in [2.45, 2.75) is 90.5 Å². The van der Waals surface area contributed by atoms with E-state index in [0.717, 1.165) is 72.5 Å². The fourth-order valence-electron chi connectivity index (χ4n) is 6.01. The molecule has 51 heavy (non-hydrogen) atoms. The van der Waals surface area contributed by atoms with Crippen LogP contribution in [0.4, 0.5) is 0 Å². The number of carbonyl (C=O) groups is 3. The number of nitrogens with zero attached hydrogens (tertiary/aromatic N) is 3. The molecular formula is C42H52N4O5. The van der Waals surface area contributed by atoms with Crippen molar-refractivity contribution in [3.8, 4) is 28.3 Å². The molecule has 0 saturated carbocycles. The summed E-state index contributed by atoms with van der Waals surface area (Å²) in [4.78, 5) is 46.3. The highest BCUT2D eigenvalue weighted by Crippen LogP contribution is 2.25. The fraction of sp³-hybridized carbons (Fsp3) is 0.405. The number of carbonyl (C=O) groups excluding carboxylic acids is 2. The van der Waals surface area contributed by atoms with Crippen molar-refractivity contribution < 1.29 is 24.2 Å². The molecule has 1 saturated heterocycles. The summed E-state index contributed by atoms with van der Waals surface area (Å²) in [5.74, 6) is 1.24. The summed E-state index contributed by atoms with van der Waals surface area (Å²) in [5, 5.41) is 9.93. The van der Waals surface area contributed by atoms with Crippen LogP contribution in [0, 0.1) is 0 Å². The lowest BCUT2D eigenvalue weighted by Gasteiger charge is -2.24. The Morgan fingerprint density at radius 3 is 2.02 bits per heavy atom. The van der Waals surface area contributed by atoms with Crippen LogP contribution < -0.4 is 10.1 Å². The average molecular weight is 693 g/mol. The molecule has 0 spiro atoms. The predicted molar refractivity (Wildman–Crippen MR) is 202 cm³/mol. The molecule has 1 unspecified atom stereocenters. The van der Waals surface area contributed by atoms with Crippen molar-refractivity contribution in [3.05, 3.63) is 102 Å². The number of amides is 2. The Labute approximate surface area is 302 Å². The number of unbranched alkanes of at least 4 members (excludes halogenated alkanes) is 4. The summed E-state index contributed by atoms with van der Waals surface area (Å²) in [7, 11) is 0. The van der Waals surface area contributed by atoms with E-state index in [1.54, 1.807) is 0 Å². The van der Waals surface area contributed by atoms with Gasteiger partial charge in [-0.2, -0.15) is 0 Å². The van der Waals surface area contributed by atoms with Gasteiger partial charge in [-0.25, -0.2) is 9.97 Å². The number of benzene rings is 3. The van der Waals surface area contributed by atoms with Gasteiger partial charge < -0.3 is 20.1 Å². The first-order chi connectivity index (χ1) is 24.6. The van der Waals surface area contributed by atoms with Gasteiger partial charge in [-0.3, -0.25) is 14.4 Å². The molecule has 9 heteroatoms. The Morgan fingerprint density at radius 1 is 0.843 bits per heavy atom. The topological polar surface area (TPSA) is 122 Å². The number of ether oxygens (including phenoxy) is 1. The third-order valence-electron chi connectivity index (χ3n) is 9.04. The highest BCUT2D eigenvalue weighted by atomic mass is 16.5. The fourth-order valence-corrected chi connectivity index (χ4v) is 6.01. The maximum Gasteiger partial charge on any atom is 0.290 e. The van der Waals surface area contributed by atoms with E-state index in [9.17, 15) is 9.59 Å². The van der Waals surface area contributed by atoms with Gasteiger partial charge in [0.1, 0.15) is 11.8 Å². The zero-order chi connectivity index (χ0) is 36.6.